The molecule has 16 heavy (non-hydrogen) atoms. The Morgan fingerprint density at radius 2 is 2.06 bits per heavy atom. The number of benzene rings is 1. The summed E-state index contributed by atoms with van der Waals surface area (Å²) < 4.78 is 5.37. The van der Waals surface area contributed by atoms with Gasteiger partial charge in [0.25, 0.3) is 0 Å². The van der Waals surface area contributed by atoms with Crippen molar-refractivity contribution in [3.8, 4) is 5.75 Å². The quantitative estimate of drug-likeness (QED) is 0.827. The number of aromatic nitrogens is 2. The summed E-state index contributed by atoms with van der Waals surface area (Å²) in [6.07, 6.45) is 0. The van der Waals surface area contributed by atoms with Gasteiger partial charge in [-0.1, -0.05) is 0 Å². The normalized spacial score (nSPS) is 10.1. The zero-order valence-corrected chi connectivity index (χ0v) is 9.45. The van der Waals surface area contributed by atoms with E-state index in [0.29, 0.717) is 6.61 Å². The van der Waals surface area contributed by atoms with E-state index in [-0.39, 0.29) is 0 Å². The Morgan fingerprint density at radius 1 is 1.31 bits per heavy atom. The van der Waals surface area contributed by atoms with E-state index in [9.17, 15) is 0 Å². The van der Waals surface area contributed by atoms with Gasteiger partial charge in [0.05, 0.1) is 6.61 Å². The summed E-state index contributed by atoms with van der Waals surface area (Å²) in [6.45, 7) is 4.63. The van der Waals surface area contributed by atoms with Crippen LogP contribution in [0.4, 0.5) is 11.5 Å². The molecule has 0 radical (unpaired) electrons. The number of hydrogen-bond donors (Lipinski definition) is 2. The molecule has 4 heteroatoms. The second kappa shape index (κ2) is 4.70. The predicted molar refractivity (Wildman–Crippen MR) is 64.2 cm³/mol. The van der Waals surface area contributed by atoms with Gasteiger partial charge in [-0.25, -0.2) is 0 Å². The van der Waals surface area contributed by atoms with Crippen molar-refractivity contribution >= 4 is 11.5 Å². The van der Waals surface area contributed by atoms with Crippen LogP contribution < -0.4 is 10.1 Å². The van der Waals surface area contributed by atoms with Crippen LogP contribution in [0.1, 0.15) is 12.6 Å². The molecule has 2 rings (SSSR count). The predicted octanol–water partition coefficient (Wildman–Crippen LogP) is 2.86. The van der Waals surface area contributed by atoms with Crippen LogP contribution in [0.3, 0.4) is 0 Å². The van der Waals surface area contributed by atoms with E-state index in [4.69, 9.17) is 4.74 Å². The summed E-state index contributed by atoms with van der Waals surface area (Å²) in [4.78, 5) is 0. The number of H-pyrrole nitrogens is 1. The van der Waals surface area contributed by atoms with Crippen molar-refractivity contribution < 1.29 is 4.74 Å². The number of aromatic amines is 1. The number of hydrogen-bond acceptors (Lipinski definition) is 3. The van der Waals surface area contributed by atoms with Crippen LogP contribution in [-0.4, -0.2) is 16.8 Å². The monoisotopic (exact) mass is 217 g/mol. The van der Waals surface area contributed by atoms with Gasteiger partial charge in [0.15, 0.2) is 5.82 Å². The smallest absolute Gasteiger partial charge is 0.152 e. The van der Waals surface area contributed by atoms with Gasteiger partial charge >= 0.3 is 0 Å². The summed E-state index contributed by atoms with van der Waals surface area (Å²) >= 11 is 0. The average molecular weight is 217 g/mol. The molecule has 0 aliphatic carbocycles. The topological polar surface area (TPSA) is 49.9 Å². The van der Waals surface area contributed by atoms with Gasteiger partial charge in [-0.2, -0.15) is 5.10 Å². The Hall–Kier alpha value is -1.97. The Labute approximate surface area is 94.6 Å². The molecule has 0 saturated heterocycles. The first-order valence-electron chi connectivity index (χ1n) is 5.30. The molecule has 0 saturated carbocycles. The van der Waals surface area contributed by atoms with Gasteiger partial charge in [0, 0.05) is 17.4 Å². The highest BCUT2D eigenvalue weighted by Crippen LogP contribution is 2.19. The molecule has 0 aliphatic rings. The standard InChI is InChI=1S/C12H15N3O/c1-3-16-11-6-4-10(5-7-11)13-12-8-9(2)14-15-12/h4-8H,3H2,1-2H3,(H2,13,14,15). The van der Waals surface area contributed by atoms with Crippen molar-refractivity contribution in [2.45, 2.75) is 13.8 Å². The minimum Gasteiger partial charge on any atom is -0.494 e. The Kier molecular flexibility index (Phi) is 3.10. The van der Waals surface area contributed by atoms with E-state index in [2.05, 4.69) is 15.5 Å². The fourth-order valence-corrected chi connectivity index (χ4v) is 1.43. The van der Waals surface area contributed by atoms with E-state index >= 15 is 0 Å². The third-order valence-electron chi connectivity index (χ3n) is 2.14. The zero-order chi connectivity index (χ0) is 11.4. The molecule has 0 spiro atoms. The largest absolute Gasteiger partial charge is 0.494 e. The first kappa shape index (κ1) is 10.5. The highest BCUT2D eigenvalue weighted by molar-refractivity contribution is 5.57. The third kappa shape index (κ3) is 2.53. The van der Waals surface area contributed by atoms with Gasteiger partial charge in [0.2, 0.25) is 0 Å². The van der Waals surface area contributed by atoms with E-state index in [1.54, 1.807) is 0 Å². The highest BCUT2D eigenvalue weighted by atomic mass is 16.5. The van der Waals surface area contributed by atoms with Crippen molar-refractivity contribution in [1.29, 1.82) is 0 Å². The summed E-state index contributed by atoms with van der Waals surface area (Å²) in [5, 5.41) is 10.2. The molecule has 1 heterocycles. The summed E-state index contributed by atoms with van der Waals surface area (Å²) in [5.41, 5.74) is 2.03. The summed E-state index contributed by atoms with van der Waals surface area (Å²) in [7, 11) is 0. The number of aryl methyl sites for hydroxylation is 1. The molecular weight excluding hydrogens is 202 g/mol. The maximum absolute atomic E-state index is 5.37. The second-order valence-electron chi connectivity index (χ2n) is 3.52. The minimum absolute atomic E-state index is 0.686. The molecule has 2 aromatic rings. The number of nitrogens with one attached hydrogen (secondary N) is 2. The Morgan fingerprint density at radius 3 is 2.62 bits per heavy atom. The Bertz CT molecular complexity index is 448. The van der Waals surface area contributed by atoms with E-state index < -0.39 is 0 Å². The lowest BCUT2D eigenvalue weighted by molar-refractivity contribution is 0.340. The molecule has 4 nitrogen and oxygen atoms in total. The second-order valence-corrected chi connectivity index (χ2v) is 3.52. The first-order chi connectivity index (χ1) is 7.78. The zero-order valence-electron chi connectivity index (χ0n) is 9.45. The molecule has 1 aromatic heterocycles. The lowest BCUT2D eigenvalue weighted by Gasteiger charge is -2.05. The fourth-order valence-electron chi connectivity index (χ4n) is 1.43. The maximum Gasteiger partial charge on any atom is 0.152 e. The molecule has 0 unspecified atom stereocenters. The van der Waals surface area contributed by atoms with Gasteiger partial charge in [-0.3, -0.25) is 5.10 Å². The molecule has 0 aliphatic heterocycles. The number of nitrogens with zero attached hydrogens (tertiary/aromatic N) is 1. The lowest BCUT2D eigenvalue weighted by Crippen LogP contribution is -1.93. The first-order valence-corrected chi connectivity index (χ1v) is 5.30. The molecule has 0 amide bonds. The van der Waals surface area contributed by atoms with Crippen molar-refractivity contribution in [2.24, 2.45) is 0 Å². The molecule has 2 N–H and O–H groups in total. The van der Waals surface area contributed by atoms with Crippen molar-refractivity contribution in [3.63, 3.8) is 0 Å². The van der Waals surface area contributed by atoms with Crippen LogP contribution in [0.2, 0.25) is 0 Å². The van der Waals surface area contributed by atoms with Crippen LogP contribution in [0.15, 0.2) is 30.3 Å². The van der Waals surface area contributed by atoms with Crippen molar-refractivity contribution in [3.05, 3.63) is 36.0 Å². The van der Waals surface area contributed by atoms with Gasteiger partial charge < -0.3 is 10.1 Å². The molecule has 1 aromatic carbocycles. The average Bonchev–Trinajstić information content (AvgIpc) is 2.67. The molecular formula is C12H15N3O. The molecule has 0 bridgehead atoms. The SMILES string of the molecule is CCOc1ccc(Nc2cc(C)[nH]n2)cc1. The van der Waals surface area contributed by atoms with E-state index in [0.717, 1.165) is 22.9 Å². The highest BCUT2D eigenvalue weighted by Gasteiger charge is 1.98. The van der Waals surface area contributed by atoms with Gasteiger partial charge in [-0.15, -0.1) is 0 Å². The number of anilines is 2. The molecule has 0 fully saturated rings. The van der Waals surface area contributed by atoms with Crippen LogP contribution in [-0.2, 0) is 0 Å². The van der Waals surface area contributed by atoms with E-state index in [1.165, 1.54) is 0 Å². The number of ether oxygens (including phenoxy) is 1. The van der Waals surface area contributed by atoms with Crippen LogP contribution >= 0.6 is 0 Å². The van der Waals surface area contributed by atoms with Gasteiger partial charge in [-0.05, 0) is 38.1 Å². The maximum atomic E-state index is 5.37. The summed E-state index contributed by atoms with van der Waals surface area (Å²) in [5.74, 6) is 1.70. The fraction of sp³-hybridized carbons (Fsp3) is 0.250. The van der Waals surface area contributed by atoms with E-state index in [1.807, 2.05) is 44.2 Å². The van der Waals surface area contributed by atoms with Crippen molar-refractivity contribution in [2.75, 3.05) is 11.9 Å². The van der Waals surface area contributed by atoms with Crippen LogP contribution in [0, 0.1) is 6.92 Å². The van der Waals surface area contributed by atoms with Crippen molar-refractivity contribution in [1.82, 2.24) is 10.2 Å². The lowest BCUT2D eigenvalue weighted by atomic mass is 10.3. The third-order valence-corrected chi connectivity index (χ3v) is 2.14. The Balaban J connectivity index is 2.05. The summed E-state index contributed by atoms with van der Waals surface area (Å²) in [6, 6.07) is 9.76. The van der Waals surface area contributed by atoms with Crippen LogP contribution in [0.25, 0.3) is 0 Å². The van der Waals surface area contributed by atoms with Gasteiger partial charge in [0.1, 0.15) is 5.75 Å². The molecule has 0 atom stereocenters. The number of rotatable bonds is 4. The van der Waals surface area contributed by atoms with Crippen LogP contribution in [0.5, 0.6) is 5.75 Å². The minimum atomic E-state index is 0.686. The molecule has 84 valence electrons.